The molecule has 0 atom stereocenters. The summed E-state index contributed by atoms with van der Waals surface area (Å²) >= 11 is 1.24. The molecular weight excluding hydrogens is 320 g/mol. The van der Waals surface area contributed by atoms with Crippen molar-refractivity contribution in [2.24, 2.45) is 0 Å². The highest BCUT2D eigenvalue weighted by Crippen LogP contribution is 2.32. The van der Waals surface area contributed by atoms with E-state index in [0.717, 1.165) is 10.9 Å². The highest BCUT2D eigenvalue weighted by atomic mass is 32.1. The van der Waals surface area contributed by atoms with E-state index in [1.54, 1.807) is 6.20 Å². The van der Waals surface area contributed by atoms with Gasteiger partial charge < -0.3 is 0 Å². The van der Waals surface area contributed by atoms with Crippen molar-refractivity contribution in [3.63, 3.8) is 0 Å². The van der Waals surface area contributed by atoms with E-state index in [9.17, 15) is 22.4 Å². The molecule has 0 aliphatic heterocycles. The number of nitrogens with one attached hydrogen (secondary N) is 1. The Labute approximate surface area is 128 Å². The van der Waals surface area contributed by atoms with Gasteiger partial charge in [-0.05, 0) is 24.1 Å². The maximum absolute atomic E-state index is 13.2. The number of alkyl halides is 3. The predicted molar refractivity (Wildman–Crippen MR) is 75.6 cm³/mol. The molecule has 0 aliphatic carbocycles. The van der Waals surface area contributed by atoms with E-state index in [0.29, 0.717) is 12.1 Å². The Balaban J connectivity index is 2.22. The zero-order valence-corrected chi connectivity index (χ0v) is 12.5. The summed E-state index contributed by atoms with van der Waals surface area (Å²) in [7, 11) is 0. The molecule has 0 radical (unpaired) electrons. The van der Waals surface area contributed by atoms with Crippen LogP contribution in [0.2, 0.25) is 0 Å². The minimum Gasteiger partial charge on any atom is -0.298 e. The number of hydrogen-bond donors (Lipinski definition) is 1. The zero-order chi connectivity index (χ0) is 16.5. The van der Waals surface area contributed by atoms with Gasteiger partial charge in [-0.3, -0.25) is 10.1 Å². The number of hydrogen-bond acceptors (Lipinski definition) is 3. The van der Waals surface area contributed by atoms with Crippen molar-refractivity contribution in [2.75, 3.05) is 5.32 Å². The van der Waals surface area contributed by atoms with Crippen LogP contribution in [0.5, 0.6) is 0 Å². The molecule has 22 heavy (non-hydrogen) atoms. The molecule has 0 bridgehead atoms. The number of halogens is 4. The molecule has 118 valence electrons. The maximum atomic E-state index is 13.2. The van der Waals surface area contributed by atoms with Crippen molar-refractivity contribution < 1.29 is 22.4 Å². The van der Waals surface area contributed by atoms with Crippen LogP contribution < -0.4 is 5.32 Å². The molecule has 2 aromatic rings. The normalized spacial score (nSPS) is 11.8. The van der Waals surface area contributed by atoms with Crippen LogP contribution >= 0.6 is 11.3 Å². The molecule has 0 aliphatic rings. The molecular formula is C14H12F4N2OS. The van der Waals surface area contributed by atoms with E-state index in [2.05, 4.69) is 10.3 Å². The summed E-state index contributed by atoms with van der Waals surface area (Å²) < 4.78 is 51.1. The fourth-order valence-corrected chi connectivity index (χ4v) is 2.48. The largest absolute Gasteiger partial charge is 0.419 e. The number of anilines is 1. The van der Waals surface area contributed by atoms with Gasteiger partial charge in [-0.15, -0.1) is 11.3 Å². The number of benzene rings is 1. The van der Waals surface area contributed by atoms with Crippen LogP contribution in [0.15, 0.2) is 24.4 Å². The lowest BCUT2D eigenvalue weighted by atomic mass is 10.1. The van der Waals surface area contributed by atoms with E-state index < -0.39 is 23.5 Å². The van der Waals surface area contributed by atoms with Gasteiger partial charge in [0.2, 0.25) is 0 Å². The molecule has 1 aromatic carbocycles. The topological polar surface area (TPSA) is 42.0 Å². The first-order valence-electron chi connectivity index (χ1n) is 6.32. The molecule has 1 N–H and O–H groups in total. The number of rotatable bonds is 3. The second-order valence-electron chi connectivity index (χ2n) is 4.87. The quantitative estimate of drug-likeness (QED) is 0.830. The molecule has 0 spiro atoms. The molecule has 1 amide bonds. The number of aromatic nitrogens is 1. The minimum atomic E-state index is -4.85. The van der Waals surface area contributed by atoms with Gasteiger partial charge in [-0.25, -0.2) is 9.37 Å². The number of carbonyl (C=O) groups is 1. The summed E-state index contributed by atoms with van der Waals surface area (Å²) in [6.07, 6.45) is -3.26. The highest BCUT2D eigenvalue weighted by Gasteiger charge is 2.34. The Hall–Kier alpha value is -1.96. The van der Waals surface area contributed by atoms with Crippen LogP contribution in [0.25, 0.3) is 0 Å². The summed E-state index contributed by atoms with van der Waals surface area (Å²) in [5.74, 6) is -1.96. The third kappa shape index (κ3) is 3.62. The van der Waals surface area contributed by atoms with E-state index in [1.807, 2.05) is 13.8 Å². The van der Waals surface area contributed by atoms with Crippen LogP contribution in [0.1, 0.15) is 40.6 Å². The van der Waals surface area contributed by atoms with Crippen molar-refractivity contribution in [1.82, 2.24) is 4.98 Å². The number of nitrogens with zero attached hydrogens (tertiary/aromatic N) is 1. The molecule has 0 unspecified atom stereocenters. The summed E-state index contributed by atoms with van der Waals surface area (Å²) in [5, 5.41) is 2.69. The first kappa shape index (κ1) is 16.4. The highest BCUT2D eigenvalue weighted by molar-refractivity contribution is 7.15. The van der Waals surface area contributed by atoms with Gasteiger partial charge in [0.25, 0.3) is 5.91 Å². The van der Waals surface area contributed by atoms with Crippen LogP contribution in [0.3, 0.4) is 0 Å². The monoisotopic (exact) mass is 332 g/mol. The summed E-state index contributed by atoms with van der Waals surface area (Å²) in [4.78, 5) is 16.9. The van der Waals surface area contributed by atoms with Crippen molar-refractivity contribution in [2.45, 2.75) is 25.9 Å². The molecule has 0 fully saturated rings. The van der Waals surface area contributed by atoms with Gasteiger partial charge >= 0.3 is 6.18 Å². The molecule has 0 saturated carbocycles. The van der Waals surface area contributed by atoms with Crippen molar-refractivity contribution in [3.8, 4) is 0 Å². The minimum absolute atomic E-state index is 0.228. The molecule has 1 aromatic heterocycles. The lowest BCUT2D eigenvalue weighted by Crippen LogP contribution is -2.15. The number of amides is 1. The van der Waals surface area contributed by atoms with Gasteiger partial charge in [0.1, 0.15) is 5.82 Å². The Kier molecular flexibility index (Phi) is 4.50. The van der Waals surface area contributed by atoms with E-state index in [4.69, 9.17) is 0 Å². The summed E-state index contributed by atoms with van der Waals surface area (Å²) in [6.45, 7) is 3.91. The second kappa shape index (κ2) is 6.04. The number of thiazole rings is 1. The lowest BCUT2D eigenvalue weighted by Gasteiger charge is -2.09. The fraction of sp³-hybridized carbons (Fsp3) is 0.286. The zero-order valence-electron chi connectivity index (χ0n) is 11.7. The number of carbonyl (C=O) groups excluding carboxylic acids is 1. The van der Waals surface area contributed by atoms with E-state index in [-0.39, 0.29) is 16.6 Å². The third-order valence-corrected chi connectivity index (χ3v) is 4.06. The Morgan fingerprint density at radius 3 is 2.55 bits per heavy atom. The molecule has 3 nitrogen and oxygen atoms in total. The van der Waals surface area contributed by atoms with Crippen molar-refractivity contribution >= 4 is 22.4 Å². The standard InChI is InChI=1S/C14H12F4N2OS/c1-7(2)11-6-19-13(22-11)20-12(21)8-3-4-10(15)9(5-8)14(16,17)18/h3-7H,1-2H3,(H,19,20,21). The Morgan fingerprint density at radius 1 is 1.32 bits per heavy atom. The Morgan fingerprint density at radius 2 is 2.00 bits per heavy atom. The molecule has 2 rings (SSSR count). The molecule has 8 heteroatoms. The predicted octanol–water partition coefficient (Wildman–Crippen LogP) is 4.68. The first-order valence-corrected chi connectivity index (χ1v) is 7.14. The summed E-state index contributed by atoms with van der Waals surface area (Å²) in [5.41, 5.74) is -1.75. The summed E-state index contributed by atoms with van der Waals surface area (Å²) in [6, 6.07) is 2.11. The van der Waals surface area contributed by atoms with Crippen LogP contribution in [0.4, 0.5) is 22.7 Å². The fourth-order valence-electron chi connectivity index (χ4n) is 1.66. The van der Waals surface area contributed by atoms with Crippen LogP contribution in [-0.4, -0.2) is 10.9 Å². The average Bonchev–Trinajstić information content (AvgIpc) is 2.86. The van der Waals surface area contributed by atoms with Crippen molar-refractivity contribution in [1.29, 1.82) is 0 Å². The van der Waals surface area contributed by atoms with Gasteiger partial charge in [-0.1, -0.05) is 13.8 Å². The maximum Gasteiger partial charge on any atom is 0.419 e. The average molecular weight is 332 g/mol. The van der Waals surface area contributed by atoms with Gasteiger partial charge in [-0.2, -0.15) is 13.2 Å². The smallest absolute Gasteiger partial charge is 0.298 e. The van der Waals surface area contributed by atoms with Gasteiger partial charge in [0, 0.05) is 16.6 Å². The van der Waals surface area contributed by atoms with Gasteiger partial charge in [0.15, 0.2) is 5.13 Å². The Bertz CT molecular complexity index is 694. The van der Waals surface area contributed by atoms with Crippen LogP contribution in [-0.2, 0) is 6.18 Å². The van der Waals surface area contributed by atoms with E-state index in [1.165, 1.54) is 11.3 Å². The van der Waals surface area contributed by atoms with Crippen molar-refractivity contribution in [3.05, 3.63) is 46.2 Å². The SMILES string of the molecule is CC(C)c1cnc(NC(=O)c2ccc(F)c(C(F)(F)F)c2)s1. The van der Waals surface area contributed by atoms with E-state index >= 15 is 0 Å². The first-order chi connectivity index (χ1) is 10.2. The second-order valence-corrected chi connectivity index (χ2v) is 5.93. The third-order valence-electron chi connectivity index (χ3n) is 2.85. The van der Waals surface area contributed by atoms with Gasteiger partial charge in [0.05, 0.1) is 5.56 Å². The van der Waals surface area contributed by atoms with Crippen LogP contribution in [0, 0.1) is 5.82 Å². The lowest BCUT2D eigenvalue weighted by molar-refractivity contribution is -0.140. The molecule has 1 heterocycles. The molecule has 0 saturated heterocycles.